The molecule has 0 radical (unpaired) electrons. The number of methoxy groups -OCH3 is 1. The fourth-order valence-corrected chi connectivity index (χ4v) is 2.97. The van der Waals surface area contributed by atoms with Gasteiger partial charge in [-0.3, -0.25) is 4.79 Å². The Hall–Kier alpha value is -2.83. The van der Waals surface area contributed by atoms with E-state index in [0.29, 0.717) is 11.1 Å². The molecular weight excluding hydrogens is 326 g/mol. The van der Waals surface area contributed by atoms with Crippen molar-refractivity contribution >= 4 is 22.8 Å². The zero-order valence-electron chi connectivity index (χ0n) is 13.9. The van der Waals surface area contributed by atoms with Gasteiger partial charge < -0.3 is 19.2 Å². The van der Waals surface area contributed by atoms with Crippen molar-refractivity contribution in [3.63, 3.8) is 0 Å². The summed E-state index contributed by atoms with van der Waals surface area (Å²) in [5, 5.41) is 3.34. The molecular formula is C18H19NO6. The molecule has 132 valence electrons. The quantitative estimate of drug-likeness (QED) is 0.658. The zero-order valence-corrected chi connectivity index (χ0v) is 13.9. The van der Waals surface area contributed by atoms with Gasteiger partial charge in [0.1, 0.15) is 5.56 Å². The number of carbonyl (C=O) groups is 2. The molecule has 1 N–H and O–H groups in total. The third kappa shape index (κ3) is 3.81. The third-order valence-corrected chi connectivity index (χ3v) is 4.22. The van der Waals surface area contributed by atoms with Crippen LogP contribution in [0.4, 0.5) is 0 Å². The first kappa shape index (κ1) is 17.0. The zero-order chi connectivity index (χ0) is 17.8. The van der Waals surface area contributed by atoms with Gasteiger partial charge in [0.25, 0.3) is 5.91 Å². The van der Waals surface area contributed by atoms with E-state index in [0.717, 1.165) is 25.7 Å². The van der Waals surface area contributed by atoms with Crippen LogP contribution in [0.25, 0.3) is 11.0 Å². The van der Waals surface area contributed by atoms with Gasteiger partial charge in [0.2, 0.25) is 0 Å². The highest BCUT2D eigenvalue weighted by Gasteiger charge is 2.20. The van der Waals surface area contributed by atoms with Crippen LogP contribution in [0.3, 0.4) is 0 Å². The van der Waals surface area contributed by atoms with Crippen LogP contribution in [-0.4, -0.2) is 31.6 Å². The number of ether oxygens (including phenoxy) is 2. The molecule has 1 saturated carbocycles. The fraction of sp³-hybridized carbons (Fsp3) is 0.389. The standard InChI is InChI=1S/C18H19NO6/c1-23-14-8-4-5-11-9-13(18(22)25-16(11)14)17(21)24-10-15(20)19-12-6-2-3-7-12/h4-5,8-9,12H,2-3,6-7,10H2,1H3,(H,19,20). The van der Waals surface area contributed by atoms with Gasteiger partial charge in [0.15, 0.2) is 17.9 Å². The molecule has 3 rings (SSSR count). The van der Waals surface area contributed by atoms with Gasteiger partial charge in [-0.15, -0.1) is 0 Å². The van der Waals surface area contributed by atoms with Crippen LogP contribution in [0.2, 0.25) is 0 Å². The van der Waals surface area contributed by atoms with Crippen molar-refractivity contribution in [2.75, 3.05) is 13.7 Å². The number of esters is 1. The Bertz CT molecular complexity index is 850. The summed E-state index contributed by atoms with van der Waals surface area (Å²) in [6.45, 7) is -0.426. The van der Waals surface area contributed by atoms with E-state index in [9.17, 15) is 14.4 Å². The van der Waals surface area contributed by atoms with Gasteiger partial charge in [0, 0.05) is 11.4 Å². The van der Waals surface area contributed by atoms with Crippen molar-refractivity contribution in [1.29, 1.82) is 0 Å². The molecule has 1 heterocycles. The minimum Gasteiger partial charge on any atom is -0.493 e. The molecule has 0 saturated heterocycles. The lowest BCUT2D eigenvalue weighted by molar-refractivity contribution is -0.124. The summed E-state index contributed by atoms with van der Waals surface area (Å²) in [5.41, 5.74) is -0.835. The van der Waals surface area contributed by atoms with Crippen molar-refractivity contribution in [2.45, 2.75) is 31.7 Å². The van der Waals surface area contributed by atoms with E-state index >= 15 is 0 Å². The smallest absolute Gasteiger partial charge is 0.351 e. The van der Waals surface area contributed by atoms with Crippen LogP contribution in [0.15, 0.2) is 33.5 Å². The molecule has 7 nitrogen and oxygen atoms in total. The number of hydrogen-bond donors (Lipinski definition) is 1. The lowest BCUT2D eigenvalue weighted by atomic mass is 10.2. The minimum atomic E-state index is -0.889. The molecule has 0 atom stereocenters. The molecule has 7 heteroatoms. The summed E-state index contributed by atoms with van der Waals surface area (Å²) in [6.07, 6.45) is 4.06. The minimum absolute atomic E-state index is 0.143. The molecule has 1 aliphatic carbocycles. The Balaban J connectivity index is 1.70. The SMILES string of the molecule is COc1cccc2cc(C(=O)OCC(=O)NC3CCCC3)c(=O)oc12. The number of fused-ring (bicyclic) bond motifs is 1. The summed E-state index contributed by atoms with van der Waals surface area (Å²) in [6, 6.07) is 6.57. The molecule has 1 aliphatic rings. The summed E-state index contributed by atoms with van der Waals surface area (Å²) in [5.74, 6) is -0.863. The Morgan fingerprint density at radius 1 is 1.28 bits per heavy atom. The second-order valence-electron chi connectivity index (χ2n) is 5.95. The lowest BCUT2D eigenvalue weighted by Gasteiger charge is -2.11. The Kier molecular flexibility index (Phi) is 5.02. The maximum Gasteiger partial charge on any atom is 0.351 e. The number of carbonyl (C=O) groups excluding carboxylic acids is 2. The van der Waals surface area contributed by atoms with Crippen molar-refractivity contribution in [2.24, 2.45) is 0 Å². The topological polar surface area (TPSA) is 94.8 Å². The van der Waals surface area contributed by atoms with Crippen molar-refractivity contribution in [3.8, 4) is 5.75 Å². The molecule has 0 unspecified atom stereocenters. The number of benzene rings is 1. The number of para-hydroxylation sites is 1. The van der Waals surface area contributed by atoms with Gasteiger partial charge in [0.05, 0.1) is 7.11 Å². The Morgan fingerprint density at radius 2 is 2.04 bits per heavy atom. The van der Waals surface area contributed by atoms with Gasteiger partial charge >= 0.3 is 11.6 Å². The van der Waals surface area contributed by atoms with Gasteiger partial charge in [-0.1, -0.05) is 25.0 Å². The average molecular weight is 345 g/mol. The third-order valence-electron chi connectivity index (χ3n) is 4.22. The highest BCUT2D eigenvalue weighted by atomic mass is 16.5. The molecule has 1 fully saturated rings. The van der Waals surface area contributed by atoms with E-state index in [1.165, 1.54) is 13.2 Å². The van der Waals surface area contributed by atoms with Gasteiger partial charge in [-0.2, -0.15) is 0 Å². The van der Waals surface area contributed by atoms with Crippen LogP contribution in [0, 0.1) is 0 Å². The van der Waals surface area contributed by atoms with Crippen molar-refractivity contribution < 1.29 is 23.5 Å². The van der Waals surface area contributed by atoms with Crippen LogP contribution in [-0.2, 0) is 9.53 Å². The van der Waals surface area contributed by atoms with Gasteiger partial charge in [-0.25, -0.2) is 9.59 Å². The van der Waals surface area contributed by atoms with Crippen molar-refractivity contribution in [1.82, 2.24) is 5.32 Å². The second kappa shape index (κ2) is 7.38. The van der Waals surface area contributed by atoms with E-state index in [-0.39, 0.29) is 23.1 Å². The summed E-state index contributed by atoms with van der Waals surface area (Å²) in [4.78, 5) is 36.0. The molecule has 2 aromatic rings. The molecule has 25 heavy (non-hydrogen) atoms. The normalized spacial score (nSPS) is 14.4. The summed E-state index contributed by atoms with van der Waals surface area (Å²) in [7, 11) is 1.46. The largest absolute Gasteiger partial charge is 0.493 e. The van der Waals surface area contributed by atoms with Gasteiger partial charge in [-0.05, 0) is 25.0 Å². The lowest BCUT2D eigenvalue weighted by Crippen LogP contribution is -2.36. The first-order chi connectivity index (χ1) is 12.1. The number of hydrogen-bond acceptors (Lipinski definition) is 6. The Morgan fingerprint density at radius 3 is 2.76 bits per heavy atom. The first-order valence-corrected chi connectivity index (χ1v) is 8.16. The predicted molar refractivity (Wildman–Crippen MR) is 89.7 cm³/mol. The molecule has 0 spiro atoms. The summed E-state index contributed by atoms with van der Waals surface area (Å²) >= 11 is 0. The van der Waals surface area contributed by atoms with Crippen LogP contribution in [0.1, 0.15) is 36.0 Å². The molecule has 1 aromatic heterocycles. The number of nitrogens with one attached hydrogen (secondary N) is 1. The monoisotopic (exact) mass is 345 g/mol. The second-order valence-corrected chi connectivity index (χ2v) is 5.95. The fourth-order valence-electron chi connectivity index (χ4n) is 2.97. The molecule has 1 aromatic carbocycles. The molecule has 1 amide bonds. The van der Waals surface area contributed by atoms with E-state index in [1.807, 2.05) is 0 Å². The summed E-state index contributed by atoms with van der Waals surface area (Å²) < 4.78 is 15.2. The predicted octanol–water partition coefficient (Wildman–Crippen LogP) is 2.02. The maximum atomic E-state index is 12.1. The van der Waals surface area contributed by atoms with E-state index in [1.54, 1.807) is 18.2 Å². The van der Waals surface area contributed by atoms with E-state index in [2.05, 4.69) is 5.32 Å². The van der Waals surface area contributed by atoms with Crippen LogP contribution < -0.4 is 15.7 Å². The molecule has 0 bridgehead atoms. The number of amides is 1. The maximum absolute atomic E-state index is 12.1. The highest BCUT2D eigenvalue weighted by molar-refractivity contribution is 5.95. The molecule has 0 aliphatic heterocycles. The van der Waals surface area contributed by atoms with E-state index < -0.39 is 18.2 Å². The Labute approximate surface area is 143 Å². The first-order valence-electron chi connectivity index (χ1n) is 8.16. The van der Waals surface area contributed by atoms with Crippen LogP contribution >= 0.6 is 0 Å². The average Bonchev–Trinajstić information content (AvgIpc) is 3.11. The van der Waals surface area contributed by atoms with Crippen LogP contribution in [0.5, 0.6) is 5.75 Å². The highest BCUT2D eigenvalue weighted by Crippen LogP contribution is 2.24. The van der Waals surface area contributed by atoms with Crippen molar-refractivity contribution in [3.05, 3.63) is 40.2 Å². The number of rotatable bonds is 5. The van der Waals surface area contributed by atoms with E-state index in [4.69, 9.17) is 13.9 Å².